The molecule has 1 N–H and O–H groups in total. The number of nitrogens with one attached hydrogen (secondary N) is 1. The third-order valence-corrected chi connectivity index (χ3v) is 5.23. The molecule has 29 heavy (non-hydrogen) atoms. The minimum Gasteiger partial charge on any atom is -0.444 e. The van der Waals surface area contributed by atoms with Gasteiger partial charge in [0, 0.05) is 39.3 Å². The van der Waals surface area contributed by atoms with Gasteiger partial charge in [-0.3, -0.25) is 4.99 Å². The van der Waals surface area contributed by atoms with Gasteiger partial charge in [0.25, 0.3) is 0 Å². The van der Waals surface area contributed by atoms with Crippen LogP contribution in [0, 0.1) is 5.92 Å². The van der Waals surface area contributed by atoms with Gasteiger partial charge in [-0.25, -0.2) is 4.79 Å². The van der Waals surface area contributed by atoms with Crippen LogP contribution in [-0.2, 0) is 9.47 Å². The average molecular weight is 524 g/mol. The standard InChI is InChI=1S/C21H40N4O3.HI/c1-6-22-19(23-15-18-9-8-14-27-18)25-12-10-17(11-13-25)16-24(7-2)20(26)28-21(3,4)5;/h17-18H,6-16H2,1-5H3,(H,22,23);1H. The minimum atomic E-state index is -0.450. The lowest BCUT2D eigenvalue weighted by Crippen LogP contribution is -2.48. The summed E-state index contributed by atoms with van der Waals surface area (Å²) in [6.45, 7) is 15.7. The van der Waals surface area contributed by atoms with Crippen LogP contribution in [0.15, 0.2) is 4.99 Å². The number of guanidine groups is 1. The molecule has 0 aromatic heterocycles. The Morgan fingerprint density at radius 3 is 2.45 bits per heavy atom. The third-order valence-electron chi connectivity index (χ3n) is 5.23. The summed E-state index contributed by atoms with van der Waals surface area (Å²) in [6.07, 6.45) is 4.45. The lowest BCUT2D eigenvalue weighted by molar-refractivity contribution is 0.0214. The normalized spacial score (nSPS) is 20.9. The van der Waals surface area contributed by atoms with Gasteiger partial charge in [-0.1, -0.05) is 0 Å². The van der Waals surface area contributed by atoms with Crippen molar-refractivity contribution in [3.63, 3.8) is 0 Å². The Bertz CT molecular complexity index is 511. The number of rotatable bonds is 6. The van der Waals surface area contributed by atoms with E-state index in [9.17, 15) is 4.79 Å². The van der Waals surface area contributed by atoms with Crippen molar-refractivity contribution >= 4 is 36.0 Å². The van der Waals surface area contributed by atoms with E-state index in [2.05, 4.69) is 17.1 Å². The van der Waals surface area contributed by atoms with Crippen LogP contribution in [-0.4, -0.2) is 79.4 Å². The van der Waals surface area contributed by atoms with Crippen LogP contribution in [0.4, 0.5) is 4.79 Å². The number of amides is 1. The first kappa shape index (κ1) is 26.3. The quantitative estimate of drug-likeness (QED) is 0.326. The summed E-state index contributed by atoms with van der Waals surface area (Å²) < 4.78 is 11.2. The average Bonchev–Trinajstić information content (AvgIpc) is 3.16. The fraction of sp³-hybridized carbons (Fsp3) is 0.905. The van der Waals surface area contributed by atoms with Crippen molar-refractivity contribution in [1.29, 1.82) is 0 Å². The van der Waals surface area contributed by atoms with E-state index in [4.69, 9.17) is 14.5 Å². The summed E-state index contributed by atoms with van der Waals surface area (Å²) >= 11 is 0. The zero-order chi connectivity index (χ0) is 20.6. The number of likely N-dealkylation sites (tertiary alicyclic amines) is 1. The topological polar surface area (TPSA) is 66.4 Å². The smallest absolute Gasteiger partial charge is 0.410 e. The number of ether oxygens (including phenoxy) is 2. The number of hydrogen-bond acceptors (Lipinski definition) is 4. The molecule has 8 heteroatoms. The maximum Gasteiger partial charge on any atom is 0.410 e. The second-order valence-corrected chi connectivity index (χ2v) is 8.78. The van der Waals surface area contributed by atoms with Gasteiger partial charge in [-0.15, -0.1) is 24.0 Å². The fourth-order valence-corrected chi connectivity index (χ4v) is 3.70. The lowest BCUT2D eigenvalue weighted by atomic mass is 9.96. The molecule has 0 aromatic rings. The summed E-state index contributed by atoms with van der Waals surface area (Å²) in [4.78, 5) is 21.4. The molecule has 2 saturated heterocycles. The molecule has 2 aliphatic heterocycles. The van der Waals surface area contributed by atoms with Gasteiger partial charge < -0.3 is 24.6 Å². The molecule has 1 unspecified atom stereocenters. The predicted molar refractivity (Wildman–Crippen MR) is 128 cm³/mol. The number of nitrogens with zero attached hydrogens (tertiary/aromatic N) is 3. The number of piperidine rings is 1. The summed E-state index contributed by atoms with van der Waals surface area (Å²) in [6, 6.07) is 0. The highest BCUT2D eigenvalue weighted by molar-refractivity contribution is 14.0. The summed E-state index contributed by atoms with van der Waals surface area (Å²) in [5, 5.41) is 3.42. The van der Waals surface area contributed by atoms with Crippen LogP contribution in [0.25, 0.3) is 0 Å². The van der Waals surface area contributed by atoms with Crippen LogP contribution >= 0.6 is 24.0 Å². The molecular formula is C21H41IN4O3. The first-order chi connectivity index (χ1) is 13.3. The molecule has 7 nitrogen and oxygen atoms in total. The van der Waals surface area contributed by atoms with Crippen molar-refractivity contribution in [3.8, 4) is 0 Å². The number of carbonyl (C=O) groups is 1. The molecule has 1 amide bonds. The van der Waals surface area contributed by atoms with Gasteiger partial charge in [0.2, 0.25) is 0 Å². The van der Waals surface area contributed by atoms with Crippen molar-refractivity contribution in [3.05, 3.63) is 0 Å². The SMILES string of the molecule is CCNC(=NCC1CCCO1)N1CCC(CN(CC)C(=O)OC(C)(C)C)CC1.I. The number of aliphatic imine (C=N–C) groups is 1. The Kier molecular flexibility index (Phi) is 11.6. The van der Waals surface area contributed by atoms with Crippen LogP contribution in [0.5, 0.6) is 0 Å². The molecule has 0 spiro atoms. The Hall–Kier alpha value is -0.770. The van der Waals surface area contributed by atoms with Gasteiger partial charge in [-0.2, -0.15) is 0 Å². The van der Waals surface area contributed by atoms with E-state index < -0.39 is 5.60 Å². The highest BCUT2D eigenvalue weighted by Gasteiger charge is 2.27. The van der Waals surface area contributed by atoms with Crippen LogP contribution in [0.1, 0.15) is 60.3 Å². The van der Waals surface area contributed by atoms with Crippen LogP contribution in [0.2, 0.25) is 0 Å². The van der Waals surface area contributed by atoms with Crippen molar-refractivity contribution < 1.29 is 14.3 Å². The predicted octanol–water partition coefficient (Wildman–Crippen LogP) is 3.72. The zero-order valence-electron chi connectivity index (χ0n) is 18.9. The van der Waals surface area contributed by atoms with Crippen molar-refractivity contribution in [1.82, 2.24) is 15.1 Å². The number of halogens is 1. The highest BCUT2D eigenvalue weighted by atomic mass is 127. The molecule has 0 bridgehead atoms. The van der Waals surface area contributed by atoms with Gasteiger partial charge >= 0.3 is 6.09 Å². The molecule has 0 aliphatic carbocycles. The molecular weight excluding hydrogens is 483 g/mol. The highest BCUT2D eigenvalue weighted by Crippen LogP contribution is 2.20. The van der Waals surface area contributed by atoms with Crippen LogP contribution in [0.3, 0.4) is 0 Å². The van der Waals surface area contributed by atoms with Crippen molar-refractivity contribution in [2.24, 2.45) is 10.9 Å². The van der Waals surface area contributed by atoms with Crippen LogP contribution < -0.4 is 5.32 Å². The molecule has 2 fully saturated rings. The number of hydrogen-bond donors (Lipinski definition) is 1. The van der Waals surface area contributed by atoms with Crippen molar-refractivity contribution in [2.45, 2.75) is 72.0 Å². The van der Waals surface area contributed by atoms with Gasteiger partial charge in [-0.05, 0) is 66.2 Å². The second-order valence-electron chi connectivity index (χ2n) is 8.78. The molecule has 2 heterocycles. The first-order valence-electron chi connectivity index (χ1n) is 10.9. The van der Waals surface area contributed by atoms with E-state index in [1.807, 2.05) is 32.6 Å². The minimum absolute atomic E-state index is 0. The Morgan fingerprint density at radius 1 is 1.24 bits per heavy atom. The Morgan fingerprint density at radius 2 is 1.93 bits per heavy atom. The summed E-state index contributed by atoms with van der Waals surface area (Å²) in [5.41, 5.74) is -0.450. The maximum atomic E-state index is 12.4. The van der Waals surface area contributed by atoms with E-state index in [1.165, 1.54) is 0 Å². The van der Waals surface area contributed by atoms with Gasteiger partial charge in [0.05, 0.1) is 12.6 Å². The molecule has 2 aliphatic rings. The van der Waals surface area contributed by atoms with E-state index in [-0.39, 0.29) is 36.2 Å². The Balaban J connectivity index is 0.00000420. The van der Waals surface area contributed by atoms with Gasteiger partial charge in [0.15, 0.2) is 5.96 Å². The van der Waals surface area contributed by atoms with Crippen molar-refractivity contribution in [2.75, 3.05) is 45.9 Å². The maximum absolute atomic E-state index is 12.4. The summed E-state index contributed by atoms with van der Waals surface area (Å²) in [7, 11) is 0. The molecule has 0 aromatic carbocycles. The number of carbonyl (C=O) groups excluding carboxylic acids is 1. The second kappa shape index (κ2) is 12.8. The molecule has 0 radical (unpaired) electrons. The van der Waals surface area contributed by atoms with E-state index >= 15 is 0 Å². The van der Waals surface area contributed by atoms with E-state index in [0.29, 0.717) is 12.5 Å². The third kappa shape index (κ3) is 9.27. The monoisotopic (exact) mass is 524 g/mol. The zero-order valence-corrected chi connectivity index (χ0v) is 21.2. The molecule has 1 atom stereocenters. The van der Waals surface area contributed by atoms with Gasteiger partial charge in [0.1, 0.15) is 5.60 Å². The molecule has 170 valence electrons. The first-order valence-corrected chi connectivity index (χ1v) is 10.9. The molecule has 0 saturated carbocycles. The fourth-order valence-electron chi connectivity index (χ4n) is 3.70. The summed E-state index contributed by atoms with van der Waals surface area (Å²) in [5.74, 6) is 1.50. The molecule has 2 rings (SSSR count). The van der Waals surface area contributed by atoms with E-state index in [1.54, 1.807) is 0 Å². The Labute approximate surface area is 194 Å². The lowest BCUT2D eigenvalue weighted by Gasteiger charge is -2.36. The van der Waals surface area contributed by atoms with E-state index in [0.717, 1.165) is 71.0 Å². The largest absolute Gasteiger partial charge is 0.444 e.